The summed E-state index contributed by atoms with van der Waals surface area (Å²) in [6, 6.07) is 7.58. The maximum Gasteiger partial charge on any atom is 0.303 e. The second-order valence-electron chi connectivity index (χ2n) is 7.81. The first kappa shape index (κ1) is 20.6. The van der Waals surface area contributed by atoms with E-state index in [2.05, 4.69) is 16.7 Å². The Morgan fingerprint density at radius 2 is 1.91 bits per heavy atom. The Labute approximate surface area is 189 Å². The van der Waals surface area contributed by atoms with Gasteiger partial charge in [-0.3, -0.25) is 14.5 Å². The van der Waals surface area contributed by atoms with E-state index in [4.69, 9.17) is 9.15 Å². The predicted molar refractivity (Wildman–Crippen MR) is 128 cm³/mol. The normalized spacial score (nSPS) is 16.0. The molecule has 0 spiro atoms. The highest BCUT2D eigenvalue weighted by atomic mass is 32.1. The molecule has 0 saturated carbocycles. The number of morpholine rings is 1. The monoisotopic (exact) mass is 449 g/mol. The minimum atomic E-state index is -0.213. The molecule has 1 amide bonds. The smallest absolute Gasteiger partial charge is 0.303 e. The average molecular weight is 450 g/mol. The largest absolute Gasteiger partial charge is 0.439 e. The Kier molecular flexibility index (Phi) is 5.37. The molecule has 1 aromatic carbocycles. The Bertz CT molecular complexity index is 1310. The van der Waals surface area contributed by atoms with Crippen molar-refractivity contribution < 1.29 is 13.9 Å². The van der Waals surface area contributed by atoms with Gasteiger partial charge in [0.25, 0.3) is 0 Å². The lowest BCUT2D eigenvalue weighted by Crippen LogP contribution is -2.42. The number of anilines is 3. The standard InChI is InChI=1S/C24H23N3O4S/c1-3-4-21(29)27-8-7-25(2)18-6-5-16(13-19(18)27)17-15-32-24-20(28)14-22(31-23(17)24)26-9-11-30-12-10-26/h5-6,13-15H,7-12H2,1-2H3. The van der Waals surface area contributed by atoms with Crippen LogP contribution in [0.5, 0.6) is 0 Å². The first-order valence-electron chi connectivity index (χ1n) is 10.5. The van der Waals surface area contributed by atoms with Gasteiger partial charge in [0, 0.05) is 50.2 Å². The lowest BCUT2D eigenvalue weighted by molar-refractivity contribution is -0.113. The van der Waals surface area contributed by atoms with Gasteiger partial charge in [-0.25, -0.2) is 0 Å². The summed E-state index contributed by atoms with van der Waals surface area (Å²) >= 11 is 1.38. The summed E-state index contributed by atoms with van der Waals surface area (Å²) < 4.78 is 12.3. The highest BCUT2D eigenvalue weighted by Crippen LogP contribution is 2.40. The molecule has 0 bridgehead atoms. The van der Waals surface area contributed by atoms with Gasteiger partial charge in [0.15, 0.2) is 11.5 Å². The quantitative estimate of drug-likeness (QED) is 0.560. The van der Waals surface area contributed by atoms with Crippen molar-refractivity contribution in [3.63, 3.8) is 0 Å². The fourth-order valence-corrected chi connectivity index (χ4v) is 5.09. The van der Waals surface area contributed by atoms with Crippen molar-refractivity contribution >= 4 is 44.8 Å². The van der Waals surface area contributed by atoms with E-state index in [-0.39, 0.29) is 11.3 Å². The molecule has 0 unspecified atom stereocenters. The van der Waals surface area contributed by atoms with Crippen LogP contribution in [0.4, 0.5) is 17.3 Å². The number of carbonyl (C=O) groups is 1. The molecule has 0 N–H and O–H groups in total. The molecule has 7 nitrogen and oxygen atoms in total. The van der Waals surface area contributed by atoms with Crippen LogP contribution in [0.2, 0.25) is 0 Å². The van der Waals surface area contributed by atoms with Crippen LogP contribution in [0.25, 0.3) is 21.4 Å². The maximum atomic E-state index is 12.8. The number of hydrogen-bond donors (Lipinski definition) is 0. The van der Waals surface area contributed by atoms with E-state index in [1.807, 2.05) is 35.5 Å². The van der Waals surface area contributed by atoms with Crippen molar-refractivity contribution in [3.05, 3.63) is 39.9 Å². The number of ether oxygens (including phenoxy) is 1. The number of likely N-dealkylation sites (N-methyl/N-ethyl adjacent to an activating group) is 1. The minimum absolute atomic E-state index is 0.0447. The second kappa shape index (κ2) is 8.34. The van der Waals surface area contributed by atoms with Crippen LogP contribution >= 0.6 is 11.3 Å². The van der Waals surface area contributed by atoms with E-state index < -0.39 is 0 Å². The highest BCUT2D eigenvalue weighted by Gasteiger charge is 2.26. The Balaban J connectivity index is 1.62. The third-order valence-corrected chi connectivity index (χ3v) is 6.85. The molecule has 4 heterocycles. The molecule has 2 aromatic heterocycles. The average Bonchev–Trinajstić information content (AvgIpc) is 3.24. The van der Waals surface area contributed by atoms with Gasteiger partial charge in [-0.2, -0.15) is 0 Å². The first-order valence-corrected chi connectivity index (χ1v) is 11.4. The first-order chi connectivity index (χ1) is 15.6. The van der Waals surface area contributed by atoms with Gasteiger partial charge < -0.3 is 19.0 Å². The number of carbonyl (C=O) groups excluding carboxylic acids is 1. The van der Waals surface area contributed by atoms with Crippen LogP contribution < -0.4 is 20.1 Å². The van der Waals surface area contributed by atoms with E-state index in [0.717, 1.165) is 29.0 Å². The molecule has 1 fully saturated rings. The molecule has 5 rings (SSSR count). The molecule has 0 aliphatic carbocycles. The number of hydrogen-bond acceptors (Lipinski definition) is 7. The maximum absolute atomic E-state index is 12.8. The summed E-state index contributed by atoms with van der Waals surface area (Å²) in [5.41, 5.74) is 4.07. The summed E-state index contributed by atoms with van der Waals surface area (Å²) in [6.45, 7) is 5.58. The molecule has 3 aromatic rings. The van der Waals surface area contributed by atoms with Gasteiger partial charge in [0.1, 0.15) is 4.70 Å². The van der Waals surface area contributed by atoms with Crippen molar-refractivity contribution in [1.82, 2.24) is 0 Å². The minimum Gasteiger partial charge on any atom is -0.439 e. The van der Waals surface area contributed by atoms with Gasteiger partial charge >= 0.3 is 5.91 Å². The van der Waals surface area contributed by atoms with Crippen molar-refractivity contribution in [2.45, 2.75) is 6.92 Å². The SMILES string of the molecule is CC#CC(=O)N1CCN(C)c2ccc(-c3csc4c(=O)cc(N5CCOCC5)oc34)cc21. The third kappa shape index (κ3) is 3.53. The lowest BCUT2D eigenvalue weighted by atomic mass is 10.0. The summed E-state index contributed by atoms with van der Waals surface area (Å²) in [6.07, 6.45) is 0. The summed E-state index contributed by atoms with van der Waals surface area (Å²) in [5, 5.41) is 1.95. The number of thiophene rings is 1. The Morgan fingerprint density at radius 1 is 1.09 bits per heavy atom. The zero-order valence-electron chi connectivity index (χ0n) is 18.0. The fourth-order valence-electron chi connectivity index (χ4n) is 4.18. The zero-order chi connectivity index (χ0) is 22.2. The molecular weight excluding hydrogens is 426 g/mol. The van der Waals surface area contributed by atoms with Crippen LogP contribution in [0, 0.1) is 11.8 Å². The summed E-state index contributed by atoms with van der Waals surface area (Å²) in [5.74, 6) is 5.71. The van der Waals surface area contributed by atoms with Gasteiger partial charge in [0.2, 0.25) is 5.43 Å². The number of rotatable bonds is 2. The van der Waals surface area contributed by atoms with Gasteiger partial charge in [-0.05, 0) is 30.5 Å². The zero-order valence-corrected chi connectivity index (χ0v) is 18.8. The Hall–Kier alpha value is -3.28. The van der Waals surface area contributed by atoms with E-state index >= 15 is 0 Å². The molecule has 2 aliphatic rings. The van der Waals surface area contributed by atoms with E-state index in [0.29, 0.717) is 49.0 Å². The number of amides is 1. The molecule has 1 saturated heterocycles. The highest BCUT2D eigenvalue weighted by molar-refractivity contribution is 7.17. The van der Waals surface area contributed by atoms with E-state index in [1.54, 1.807) is 17.9 Å². The summed E-state index contributed by atoms with van der Waals surface area (Å²) in [7, 11) is 2.01. The molecule has 32 heavy (non-hydrogen) atoms. The number of fused-ring (bicyclic) bond motifs is 2. The van der Waals surface area contributed by atoms with E-state index in [9.17, 15) is 9.59 Å². The lowest BCUT2D eigenvalue weighted by Gasteiger charge is -2.35. The van der Waals surface area contributed by atoms with Gasteiger partial charge in [-0.1, -0.05) is 12.0 Å². The summed E-state index contributed by atoms with van der Waals surface area (Å²) in [4.78, 5) is 31.3. The molecule has 164 valence electrons. The Morgan fingerprint density at radius 3 is 2.69 bits per heavy atom. The van der Waals surface area contributed by atoms with Crippen molar-refractivity contribution in [3.8, 4) is 23.0 Å². The van der Waals surface area contributed by atoms with Crippen LogP contribution in [0.15, 0.2) is 38.9 Å². The second-order valence-corrected chi connectivity index (χ2v) is 8.69. The third-order valence-electron chi connectivity index (χ3n) is 5.88. The van der Waals surface area contributed by atoms with Crippen LogP contribution in [0.1, 0.15) is 6.92 Å². The van der Waals surface area contributed by atoms with E-state index in [1.165, 1.54) is 11.3 Å². The topological polar surface area (TPSA) is 66.2 Å². The molecule has 8 heteroatoms. The van der Waals surface area contributed by atoms with Gasteiger partial charge in [0.05, 0.1) is 24.6 Å². The number of nitrogens with zero attached hydrogens (tertiary/aromatic N) is 3. The predicted octanol–water partition coefficient (Wildman–Crippen LogP) is 3.16. The van der Waals surface area contributed by atoms with Crippen LogP contribution in [-0.2, 0) is 9.53 Å². The van der Waals surface area contributed by atoms with Crippen molar-refractivity contribution in [2.75, 3.05) is 61.1 Å². The molecule has 0 radical (unpaired) electrons. The van der Waals surface area contributed by atoms with Crippen molar-refractivity contribution in [2.24, 2.45) is 0 Å². The van der Waals surface area contributed by atoms with Crippen LogP contribution in [0.3, 0.4) is 0 Å². The molecule has 0 atom stereocenters. The fraction of sp³-hybridized carbons (Fsp3) is 0.333. The van der Waals surface area contributed by atoms with Gasteiger partial charge in [-0.15, -0.1) is 11.3 Å². The number of benzene rings is 1. The molecule has 2 aliphatic heterocycles. The van der Waals surface area contributed by atoms with Crippen LogP contribution in [-0.4, -0.2) is 52.3 Å². The molecular formula is C24H23N3O4S. The van der Waals surface area contributed by atoms with Crippen molar-refractivity contribution in [1.29, 1.82) is 0 Å².